The quantitative estimate of drug-likeness (QED) is 0.752. The summed E-state index contributed by atoms with van der Waals surface area (Å²) in [6.45, 7) is 0.219. The molecule has 0 bridgehead atoms. The van der Waals surface area contributed by atoms with Crippen LogP contribution in [-0.4, -0.2) is 17.3 Å². The van der Waals surface area contributed by atoms with Crippen LogP contribution in [0.1, 0.15) is 24.0 Å². The molecular weight excluding hydrogens is 174 g/mol. The number of hydrogen-bond acceptors (Lipinski definition) is 2. The average molecular weight is 191 g/mol. The lowest BCUT2D eigenvalue weighted by atomic mass is 10.0. The van der Waals surface area contributed by atoms with Gasteiger partial charge >= 0.3 is 0 Å². The summed E-state index contributed by atoms with van der Waals surface area (Å²) in [5, 5.41) is 8.83. The molecule has 1 aliphatic rings. The van der Waals surface area contributed by atoms with Crippen molar-refractivity contribution in [1.82, 2.24) is 0 Å². The summed E-state index contributed by atoms with van der Waals surface area (Å²) in [6, 6.07) is 8.37. The Bertz CT molecular complexity index is 318. The topological polar surface area (TPSA) is 46.2 Å². The summed E-state index contributed by atoms with van der Waals surface area (Å²) in [5.74, 6) is 0. The first-order valence-corrected chi connectivity index (χ1v) is 5.19. The van der Waals surface area contributed by atoms with Crippen LogP contribution in [0.3, 0.4) is 0 Å². The number of rotatable bonds is 4. The fraction of sp³-hybridized carbons (Fsp3) is 0.500. The minimum atomic E-state index is 0.0812. The fourth-order valence-corrected chi connectivity index (χ4v) is 1.77. The van der Waals surface area contributed by atoms with E-state index in [1.54, 1.807) is 0 Å². The van der Waals surface area contributed by atoms with E-state index < -0.39 is 0 Å². The van der Waals surface area contributed by atoms with E-state index in [2.05, 4.69) is 18.2 Å². The summed E-state index contributed by atoms with van der Waals surface area (Å²) in [6.07, 6.45) is 4.02. The van der Waals surface area contributed by atoms with Crippen molar-refractivity contribution in [2.24, 2.45) is 5.73 Å². The van der Waals surface area contributed by atoms with E-state index in [0.29, 0.717) is 0 Å². The van der Waals surface area contributed by atoms with E-state index >= 15 is 0 Å². The van der Waals surface area contributed by atoms with Gasteiger partial charge in [0.15, 0.2) is 0 Å². The number of hydrogen-bond donors (Lipinski definition) is 2. The van der Waals surface area contributed by atoms with E-state index in [4.69, 9.17) is 10.8 Å². The van der Waals surface area contributed by atoms with Gasteiger partial charge in [0.25, 0.3) is 0 Å². The van der Waals surface area contributed by atoms with Gasteiger partial charge in [-0.2, -0.15) is 0 Å². The minimum Gasteiger partial charge on any atom is -0.396 e. The summed E-state index contributed by atoms with van der Waals surface area (Å²) in [5.41, 5.74) is 8.64. The maximum absolute atomic E-state index is 8.83. The molecule has 0 aromatic heterocycles. The number of nitrogens with two attached hydrogens (primary N) is 1. The highest BCUT2D eigenvalue weighted by Gasteiger charge is 2.37. The molecule has 1 aromatic carbocycles. The molecule has 0 unspecified atom stereocenters. The van der Waals surface area contributed by atoms with Crippen LogP contribution in [0.5, 0.6) is 0 Å². The molecule has 0 saturated heterocycles. The lowest BCUT2D eigenvalue weighted by molar-refractivity contribution is 0.299. The van der Waals surface area contributed by atoms with Crippen molar-refractivity contribution in [1.29, 1.82) is 0 Å². The van der Waals surface area contributed by atoms with Gasteiger partial charge in [0, 0.05) is 12.1 Å². The molecule has 2 rings (SSSR count). The third kappa shape index (κ3) is 2.34. The summed E-state index contributed by atoms with van der Waals surface area (Å²) < 4.78 is 0. The molecular formula is C12H17NO. The zero-order valence-corrected chi connectivity index (χ0v) is 8.37. The summed E-state index contributed by atoms with van der Waals surface area (Å²) in [4.78, 5) is 0. The van der Waals surface area contributed by atoms with Crippen LogP contribution in [-0.2, 0) is 12.8 Å². The smallest absolute Gasteiger partial charge is 0.0471 e. The van der Waals surface area contributed by atoms with Crippen molar-refractivity contribution < 1.29 is 5.11 Å². The van der Waals surface area contributed by atoms with E-state index in [-0.39, 0.29) is 12.1 Å². The standard InChI is InChI=1S/C12H17NO/c13-12(5-6-12)9-11-3-1-2-10(8-11)4-7-14/h1-3,8,14H,4-7,9,13H2. The predicted molar refractivity (Wildman–Crippen MR) is 57.1 cm³/mol. The third-order valence-corrected chi connectivity index (χ3v) is 2.84. The molecule has 0 spiro atoms. The Kier molecular flexibility index (Phi) is 2.57. The largest absolute Gasteiger partial charge is 0.396 e. The van der Waals surface area contributed by atoms with Gasteiger partial charge in [-0.25, -0.2) is 0 Å². The first-order valence-electron chi connectivity index (χ1n) is 5.19. The molecule has 0 amide bonds. The van der Waals surface area contributed by atoms with Crippen molar-refractivity contribution in [3.05, 3.63) is 35.4 Å². The highest BCUT2D eigenvalue weighted by molar-refractivity contribution is 5.26. The maximum atomic E-state index is 8.83. The molecule has 1 saturated carbocycles. The predicted octanol–water partition coefficient (Wildman–Crippen LogP) is 1.26. The van der Waals surface area contributed by atoms with E-state index in [9.17, 15) is 0 Å². The Morgan fingerprint density at radius 1 is 1.29 bits per heavy atom. The van der Waals surface area contributed by atoms with Crippen LogP contribution in [0.4, 0.5) is 0 Å². The Morgan fingerprint density at radius 2 is 2.00 bits per heavy atom. The molecule has 0 radical (unpaired) electrons. The van der Waals surface area contributed by atoms with Gasteiger partial charge in [-0.1, -0.05) is 24.3 Å². The monoisotopic (exact) mass is 191 g/mol. The molecule has 0 heterocycles. The maximum Gasteiger partial charge on any atom is 0.0471 e. The van der Waals surface area contributed by atoms with Gasteiger partial charge in [0.2, 0.25) is 0 Å². The molecule has 3 N–H and O–H groups in total. The van der Waals surface area contributed by atoms with Gasteiger partial charge in [-0.15, -0.1) is 0 Å². The van der Waals surface area contributed by atoms with Crippen molar-refractivity contribution in [3.63, 3.8) is 0 Å². The molecule has 76 valence electrons. The van der Waals surface area contributed by atoms with Gasteiger partial charge in [0.1, 0.15) is 0 Å². The van der Waals surface area contributed by atoms with Crippen LogP contribution in [0.2, 0.25) is 0 Å². The van der Waals surface area contributed by atoms with Crippen LogP contribution in [0.15, 0.2) is 24.3 Å². The second-order valence-corrected chi connectivity index (χ2v) is 4.33. The Hall–Kier alpha value is -0.860. The summed E-state index contributed by atoms with van der Waals surface area (Å²) >= 11 is 0. The highest BCUT2D eigenvalue weighted by Crippen LogP contribution is 2.35. The lowest BCUT2D eigenvalue weighted by Crippen LogP contribution is -2.24. The molecule has 0 aliphatic heterocycles. The van der Waals surface area contributed by atoms with Crippen LogP contribution >= 0.6 is 0 Å². The van der Waals surface area contributed by atoms with Crippen LogP contribution in [0.25, 0.3) is 0 Å². The van der Waals surface area contributed by atoms with Gasteiger partial charge < -0.3 is 10.8 Å². The fourth-order valence-electron chi connectivity index (χ4n) is 1.77. The van der Waals surface area contributed by atoms with Gasteiger partial charge in [0.05, 0.1) is 0 Å². The van der Waals surface area contributed by atoms with Crippen molar-refractivity contribution in [2.45, 2.75) is 31.2 Å². The zero-order valence-electron chi connectivity index (χ0n) is 8.37. The number of aliphatic hydroxyl groups is 1. The molecule has 2 heteroatoms. The number of aliphatic hydroxyl groups excluding tert-OH is 1. The zero-order chi connectivity index (χ0) is 10.0. The molecule has 1 aliphatic carbocycles. The normalized spacial score (nSPS) is 18.1. The second kappa shape index (κ2) is 3.71. The van der Waals surface area contributed by atoms with Gasteiger partial charge in [-0.3, -0.25) is 0 Å². The van der Waals surface area contributed by atoms with E-state index in [1.807, 2.05) is 6.07 Å². The van der Waals surface area contributed by atoms with Crippen molar-refractivity contribution in [3.8, 4) is 0 Å². The summed E-state index contributed by atoms with van der Waals surface area (Å²) in [7, 11) is 0. The van der Waals surface area contributed by atoms with Gasteiger partial charge in [-0.05, 0) is 36.8 Å². The number of benzene rings is 1. The Morgan fingerprint density at radius 3 is 2.64 bits per heavy atom. The van der Waals surface area contributed by atoms with Crippen molar-refractivity contribution in [2.75, 3.05) is 6.61 Å². The molecule has 1 aromatic rings. The molecule has 0 atom stereocenters. The van der Waals surface area contributed by atoms with Crippen LogP contribution in [0, 0.1) is 0 Å². The minimum absolute atomic E-state index is 0.0812. The van der Waals surface area contributed by atoms with Crippen molar-refractivity contribution >= 4 is 0 Å². The Labute approximate surface area is 84.7 Å². The highest BCUT2D eigenvalue weighted by atomic mass is 16.2. The molecule has 2 nitrogen and oxygen atoms in total. The first-order chi connectivity index (χ1) is 6.72. The van der Waals surface area contributed by atoms with E-state index in [0.717, 1.165) is 25.7 Å². The second-order valence-electron chi connectivity index (χ2n) is 4.33. The SMILES string of the molecule is NC1(Cc2cccc(CCO)c2)CC1. The van der Waals surface area contributed by atoms with Crippen LogP contribution < -0.4 is 5.73 Å². The van der Waals surface area contributed by atoms with E-state index in [1.165, 1.54) is 11.1 Å². The average Bonchev–Trinajstić information content (AvgIpc) is 2.84. The first kappa shape index (κ1) is 9.69. The Balaban J connectivity index is 2.06. The molecule has 1 fully saturated rings. The molecule has 14 heavy (non-hydrogen) atoms. The third-order valence-electron chi connectivity index (χ3n) is 2.84. The lowest BCUT2D eigenvalue weighted by Gasteiger charge is -2.09.